The van der Waals surface area contributed by atoms with Crippen molar-refractivity contribution in [3.63, 3.8) is 0 Å². The molecule has 1 aliphatic rings. The second-order valence-electron chi connectivity index (χ2n) is 4.19. The third-order valence-corrected chi connectivity index (χ3v) is 3.80. The van der Waals surface area contributed by atoms with Crippen LogP contribution in [-0.2, 0) is 11.2 Å². The number of amides is 1. The van der Waals surface area contributed by atoms with Crippen LogP contribution < -0.4 is 4.90 Å². The summed E-state index contributed by atoms with van der Waals surface area (Å²) in [4.78, 5) is 20.0. The van der Waals surface area contributed by atoms with E-state index in [1.54, 1.807) is 6.92 Å². The number of nitrogens with zero attached hydrogens (tertiary/aromatic N) is 4. The molecule has 1 aromatic rings. The predicted octanol–water partition coefficient (Wildman–Crippen LogP) is 1.16. The first-order valence-corrected chi connectivity index (χ1v) is 6.81. The van der Waals surface area contributed by atoms with E-state index in [0.29, 0.717) is 0 Å². The van der Waals surface area contributed by atoms with Gasteiger partial charge < -0.3 is 9.80 Å². The maximum Gasteiger partial charge on any atom is 0.219 e. The minimum absolute atomic E-state index is 0.165. The number of hydrogen-bond donors (Lipinski definition) is 0. The summed E-state index contributed by atoms with van der Waals surface area (Å²) >= 11 is 1.46. The van der Waals surface area contributed by atoms with Crippen molar-refractivity contribution in [3.8, 4) is 0 Å². The molecule has 0 spiro atoms. The van der Waals surface area contributed by atoms with Crippen LogP contribution >= 0.6 is 11.5 Å². The quantitative estimate of drug-likeness (QED) is 0.794. The zero-order chi connectivity index (χ0) is 12.3. The molecular weight excluding hydrogens is 236 g/mol. The van der Waals surface area contributed by atoms with Gasteiger partial charge in [-0.3, -0.25) is 4.79 Å². The molecule has 1 aromatic heterocycles. The SMILES string of the molecule is CCc1nsc(N2CCCN(C(C)=O)CC2)n1. The number of aryl methyl sites for hydroxylation is 1. The summed E-state index contributed by atoms with van der Waals surface area (Å²) in [5.74, 6) is 1.08. The standard InChI is InChI=1S/C11H18N4OS/c1-3-10-12-11(17-13-10)15-6-4-5-14(7-8-15)9(2)16/h3-8H2,1-2H3. The van der Waals surface area contributed by atoms with Gasteiger partial charge in [0.2, 0.25) is 11.0 Å². The van der Waals surface area contributed by atoms with E-state index in [1.807, 2.05) is 4.90 Å². The minimum Gasteiger partial charge on any atom is -0.345 e. The number of hydrogen-bond acceptors (Lipinski definition) is 5. The van der Waals surface area contributed by atoms with Crippen molar-refractivity contribution < 1.29 is 4.79 Å². The highest BCUT2D eigenvalue weighted by Gasteiger charge is 2.18. The molecular formula is C11H18N4OS. The molecule has 1 aliphatic heterocycles. The van der Waals surface area contributed by atoms with E-state index in [4.69, 9.17) is 0 Å². The highest BCUT2D eigenvalue weighted by molar-refractivity contribution is 7.09. The number of carbonyl (C=O) groups is 1. The van der Waals surface area contributed by atoms with Crippen LogP contribution in [-0.4, -0.2) is 46.3 Å². The van der Waals surface area contributed by atoms with E-state index < -0.39 is 0 Å². The lowest BCUT2D eigenvalue weighted by Crippen LogP contribution is -2.33. The number of aromatic nitrogens is 2. The van der Waals surface area contributed by atoms with E-state index in [0.717, 1.165) is 50.0 Å². The van der Waals surface area contributed by atoms with Crippen molar-refractivity contribution in [3.05, 3.63) is 5.82 Å². The van der Waals surface area contributed by atoms with E-state index in [9.17, 15) is 4.79 Å². The van der Waals surface area contributed by atoms with Gasteiger partial charge in [0.1, 0.15) is 5.82 Å². The van der Waals surface area contributed by atoms with Crippen molar-refractivity contribution in [2.24, 2.45) is 0 Å². The zero-order valence-corrected chi connectivity index (χ0v) is 11.2. The summed E-state index contributed by atoms with van der Waals surface area (Å²) in [5.41, 5.74) is 0. The summed E-state index contributed by atoms with van der Waals surface area (Å²) < 4.78 is 4.30. The molecule has 94 valence electrons. The molecule has 0 N–H and O–H groups in total. The van der Waals surface area contributed by atoms with E-state index >= 15 is 0 Å². The Morgan fingerprint density at radius 3 is 2.82 bits per heavy atom. The van der Waals surface area contributed by atoms with Crippen LogP contribution in [0.1, 0.15) is 26.1 Å². The first-order chi connectivity index (χ1) is 8.20. The summed E-state index contributed by atoms with van der Waals surface area (Å²) in [6.45, 7) is 7.16. The molecule has 0 atom stereocenters. The van der Waals surface area contributed by atoms with Crippen molar-refractivity contribution in [2.75, 3.05) is 31.1 Å². The van der Waals surface area contributed by atoms with Crippen LogP contribution in [0.3, 0.4) is 0 Å². The Hall–Kier alpha value is -1.17. The molecule has 0 bridgehead atoms. The zero-order valence-electron chi connectivity index (χ0n) is 10.3. The molecule has 2 heterocycles. The molecule has 0 radical (unpaired) electrons. The summed E-state index contributed by atoms with van der Waals surface area (Å²) in [5, 5.41) is 0.993. The lowest BCUT2D eigenvalue weighted by molar-refractivity contribution is -0.128. The van der Waals surface area contributed by atoms with Crippen LogP contribution in [0.4, 0.5) is 5.13 Å². The van der Waals surface area contributed by atoms with Gasteiger partial charge in [-0.1, -0.05) is 6.92 Å². The molecule has 0 saturated carbocycles. The van der Waals surface area contributed by atoms with Crippen molar-refractivity contribution in [2.45, 2.75) is 26.7 Å². The molecule has 17 heavy (non-hydrogen) atoms. The molecule has 1 saturated heterocycles. The monoisotopic (exact) mass is 254 g/mol. The fourth-order valence-electron chi connectivity index (χ4n) is 1.94. The Kier molecular flexibility index (Phi) is 3.93. The van der Waals surface area contributed by atoms with E-state index in [1.165, 1.54) is 11.5 Å². The normalized spacial score (nSPS) is 17.1. The summed E-state index contributed by atoms with van der Waals surface area (Å²) in [6, 6.07) is 0. The fourth-order valence-corrected chi connectivity index (χ4v) is 2.74. The molecule has 0 aromatic carbocycles. The first kappa shape index (κ1) is 12.3. The molecule has 1 amide bonds. The second kappa shape index (κ2) is 5.44. The van der Waals surface area contributed by atoms with Crippen LogP contribution in [0.25, 0.3) is 0 Å². The molecule has 0 unspecified atom stereocenters. The second-order valence-corrected chi connectivity index (χ2v) is 4.92. The topological polar surface area (TPSA) is 49.3 Å². The smallest absolute Gasteiger partial charge is 0.219 e. The predicted molar refractivity (Wildman–Crippen MR) is 68.4 cm³/mol. The molecule has 1 fully saturated rings. The van der Waals surface area contributed by atoms with Crippen LogP contribution in [0, 0.1) is 0 Å². The molecule has 5 nitrogen and oxygen atoms in total. The third-order valence-electron chi connectivity index (χ3n) is 2.99. The lowest BCUT2D eigenvalue weighted by atomic mass is 10.4. The Morgan fingerprint density at radius 2 is 2.18 bits per heavy atom. The van der Waals surface area contributed by atoms with E-state index in [2.05, 4.69) is 21.2 Å². The third kappa shape index (κ3) is 2.94. The number of carbonyl (C=O) groups excluding carboxylic acids is 1. The van der Waals surface area contributed by atoms with Gasteiger partial charge in [0.25, 0.3) is 0 Å². The maximum atomic E-state index is 11.3. The fraction of sp³-hybridized carbons (Fsp3) is 0.727. The van der Waals surface area contributed by atoms with Crippen LogP contribution in [0.5, 0.6) is 0 Å². The van der Waals surface area contributed by atoms with Gasteiger partial charge in [0.05, 0.1) is 0 Å². The van der Waals surface area contributed by atoms with Crippen molar-refractivity contribution in [1.29, 1.82) is 0 Å². The van der Waals surface area contributed by atoms with Gasteiger partial charge >= 0.3 is 0 Å². The van der Waals surface area contributed by atoms with Gasteiger partial charge in [-0.2, -0.15) is 4.37 Å². The highest BCUT2D eigenvalue weighted by atomic mass is 32.1. The largest absolute Gasteiger partial charge is 0.345 e. The minimum atomic E-state index is 0.165. The Bertz CT molecular complexity index is 393. The summed E-state index contributed by atoms with van der Waals surface area (Å²) in [6.07, 6.45) is 1.88. The molecule has 6 heteroatoms. The number of anilines is 1. The Morgan fingerprint density at radius 1 is 1.35 bits per heavy atom. The van der Waals surface area contributed by atoms with Gasteiger partial charge in [-0.15, -0.1) is 0 Å². The Balaban J connectivity index is 2.01. The van der Waals surface area contributed by atoms with Gasteiger partial charge in [0.15, 0.2) is 0 Å². The van der Waals surface area contributed by atoms with Gasteiger partial charge in [-0.25, -0.2) is 4.98 Å². The Labute approximate surface area is 106 Å². The van der Waals surface area contributed by atoms with Crippen molar-refractivity contribution >= 4 is 22.6 Å². The van der Waals surface area contributed by atoms with E-state index in [-0.39, 0.29) is 5.91 Å². The van der Waals surface area contributed by atoms with Crippen LogP contribution in [0.15, 0.2) is 0 Å². The van der Waals surface area contributed by atoms with Crippen molar-refractivity contribution in [1.82, 2.24) is 14.3 Å². The molecule has 0 aliphatic carbocycles. The average molecular weight is 254 g/mol. The van der Waals surface area contributed by atoms with Gasteiger partial charge in [0, 0.05) is 51.1 Å². The average Bonchev–Trinajstić information content (AvgIpc) is 2.65. The number of rotatable bonds is 2. The highest BCUT2D eigenvalue weighted by Crippen LogP contribution is 2.19. The van der Waals surface area contributed by atoms with Gasteiger partial charge in [-0.05, 0) is 6.42 Å². The lowest BCUT2D eigenvalue weighted by Gasteiger charge is -2.20. The summed E-state index contributed by atoms with van der Waals surface area (Å²) in [7, 11) is 0. The first-order valence-electron chi connectivity index (χ1n) is 6.03. The van der Waals surface area contributed by atoms with Crippen LogP contribution in [0.2, 0.25) is 0 Å². The maximum absolute atomic E-state index is 11.3. The molecule has 2 rings (SSSR count).